The lowest BCUT2D eigenvalue weighted by Crippen LogP contribution is -2.40. The number of nitrogens with one attached hydrogen (secondary N) is 3. The van der Waals surface area contributed by atoms with E-state index in [-0.39, 0.29) is 11.8 Å². The fourth-order valence-corrected chi connectivity index (χ4v) is 4.47. The minimum Gasteiger partial charge on any atom is -0.508 e. The second-order valence-electron chi connectivity index (χ2n) is 8.02. The number of aromatic hydroxyl groups is 1. The van der Waals surface area contributed by atoms with Crippen molar-refractivity contribution in [2.24, 2.45) is 4.99 Å². The van der Waals surface area contributed by atoms with Crippen molar-refractivity contribution >= 4 is 17.6 Å². The molecule has 2 aromatic carbocycles. The van der Waals surface area contributed by atoms with Gasteiger partial charge in [0.2, 0.25) is 5.91 Å². The van der Waals surface area contributed by atoms with Gasteiger partial charge in [-0.25, -0.2) is 4.99 Å². The quantitative estimate of drug-likeness (QED) is 0.453. The smallest absolute Gasteiger partial charge is 0.225 e. The van der Waals surface area contributed by atoms with Crippen LogP contribution in [0.2, 0.25) is 0 Å². The van der Waals surface area contributed by atoms with Crippen molar-refractivity contribution in [3.05, 3.63) is 58.7 Å². The average Bonchev–Trinajstić information content (AvgIpc) is 2.76. The average molecular weight is 407 g/mol. The van der Waals surface area contributed by atoms with Gasteiger partial charge in [0.15, 0.2) is 5.96 Å². The molecule has 30 heavy (non-hydrogen) atoms. The lowest BCUT2D eigenvalue weighted by molar-refractivity contribution is -0.116. The first-order chi connectivity index (χ1) is 14.7. The predicted molar refractivity (Wildman–Crippen MR) is 120 cm³/mol. The first-order valence-electron chi connectivity index (χ1n) is 10.9. The highest BCUT2D eigenvalue weighted by Crippen LogP contribution is 2.32. The third kappa shape index (κ3) is 4.42. The number of para-hydroxylation sites is 1. The van der Waals surface area contributed by atoms with Crippen LogP contribution in [0.15, 0.2) is 41.4 Å². The first-order valence-corrected chi connectivity index (χ1v) is 10.9. The molecule has 6 nitrogen and oxygen atoms in total. The third-order valence-electron chi connectivity index (χ3n) is 5.99. The maximum Gasteiger partial charge on any atom is 0.225 e. The van der Waals surface area contributed by atoms with Gasteiger partial charge in [0.25, 0.3) is 0 Å². The van der Waals surface area contributed by atoms with Gasteiger partial charge in [0, 0.05) is 36.7 Å². The van der Waals surface area contributed by atoms with E-state index in [2.05, 4.69) is 22.0 Å². The molecule has 0 saturated heterocycles. The maximum atomic E-state index is 12.1. The number of carbonyl (C=O) groups is 1. The van der Waals surface area contributed by atoms with Crippen LogP contribution in [0.5, 0.6) is 5.75 Å². The minimum atomic E-state index is 0.0447. The number of guanidine groups is 1. The predicted octanol–water partition coefficient (Wildman–Crippen LogP) is 3.45. The Hall–Kier alpha value is -3.02. The zero-order chi connectivity index (χ0) is 20.9. The normalized spacial score (nSPS) is 18.2. The van der Waals surface area contributed by atoms with E-state index in [1.807, 2.05) is 31.2 Å². The molecule has 0 bridgehead atoms. The molecule has 2 aliphatic rings. The van der Waals surface area contributed by atoms with Crippen LogP contribution in [-0.4, -0.2) is 30.1 Å². The molecule has 1 unspecified atom stereocenters. The number of fused-ring (bicyclic) bond motifs is 2. The molecule has 0 fully saturated rings. The number of hydrogen-bond acceptors (Lipinski definition) is 3. The summed E-state index contributed by atoms with van der Waals surface area (Å²) in [5, 5.41) is 20.1. The summed E-state index contributed by atoms with van der Waals surface area (Å²) >= 11 is 0. The molecule has 0 saturated carbocycles. The summed E-state index contributed by atoms with van der Waals surface area (Å²) in [6.45, 7) is 3.83. The number of carbonyl (C=O) groups excluding carboxylic acids is 1. The van der Waals surface area contributed by atoms with Crippen LogP contribution in [0.25, 0.3) is 0 Å². The Bertz CT molecular complexity index is 954. The van der Waals surface area contributed by atoms with E-state index in [1.54, 1.807) is 6.07 Å². The summed E-state index contributed by atoms with van der Waals surface area (Å²) in [5.74, 6) is 1.17. The second kappa shape index (κ2) is 9.20. The summed E-state index contributed by atoms with van der Waals surface area (Å²) in [5.41, 5.74) is 5.58. The maximum absolute atomic E-state index is 12.1. The van der Waals surface area contributed by atoms with Crippen molar-refractivity contribution in [2.75, 3.05) is 18.4 Å². The molecule has 1 atom stereocenters. The van der Waals surface area contributed by atoms with Crippen LogP contribution in [0.4, 0.5) is 5.69 Å². The number of nitrogens with zero attached hydrogens (tertiary/aromatic N) is 1. The Morgan fingerprint density at radius 3 is 2.87 bits per heavy atom. The van der Waals surface area contributed by atoms with E-state index in [1.165, 1.54) is 17.5 Å². The van der Waals surface area contributed by atoms with Crippen LogP contribution >= 0.6 is 0 Å². The number of aliphatic imine (C=N–C) groups is 1. The van der Waals surface area contributed by atoms with E-state index in [9.17, 15) is 9.90 Å². The highest BCUT2D eigenvalue weighted by atomic mass is 16.3. The van der Waals surface area contributed by atoms with Gasteiger partial charge in [-0.2, -0.15) is 0 Å². The van der Waals surface area contributed by atoms with Crippen molar-refractivity contribution in [3.63, 3.8) is 0 Å². The van der Waals surface area contributed by atoms with Crippen molar-refractivity contribution in [1.82, 2.24) is 10.6 Å². The lowest BCUT2D eigenvalue weighted by Gasteiger charge is -2.26. The van der Waals surface area contributed by atoms with Gasteiger partial charge in [0.1, 0.15) is 5.75 Å². The van der Waals surface area contributed by atoms with Gasteiger partial charge in [0.05, 0.1) is 6.54 Å². The van der Waals surface area contributed by atoms with E-state index in [0.29, 0.717) is 31.2 Å². The summed E-state index contributed by atoms with van der Waals surface area (Å²) in [7, 11) is 0. The number of anilines is 1. The monoisotopic (exact) mass is 406 g/mol. The zero-order valence-electron chi connectivity index (χ0n) is 17.5. The van der Waals surface area contributed by atoms with E-state index in [0.717, 1.165) is 42.6 Å². The molecule has 158 valence electrons. The molecule has 1 aliphatic carbocycles. The van der Waals surface area contributed by atoms with Crippen molar-refractivity contribution in [2.45, 2.75) is 51.5 Å². The number of benzene rings is 2. The van der Waals surface area contributed by atoms with Crippen LogP contribution < -0.4 is 16.0 Å². The first kappa shape index (κ1) is 20.3. The molecule has 4 N–H and O–H groups in total. The molecule has 1 amide bonds. The molecular formula is C24H30N4O2. The minimum absolute atomic E-state index is 0.0447. The van der Waals surface area contributed by atoms with Gasteiger partial charge in [-0.3, -0.25) is 4.79 Å². The summed E-state index contributed by atoms with van der Waals surface area (Å²) in [6, 6.07) is 11.8. The number of amides is 1. The summed E-state index contributed by atoms with van der Waals surface area (Å²) in [6.07, 6.45) is 4.91. The Morgan fingerprint density at radius 2 is 2.00 bits per heavy atom. The van der Waals surface area contributed by atoms with E-state index >= 15 is 0 Å². The Labute approximate surface area is 177 Å². The van der Waals surface area contributed by atoms with Crippen LogP contribution in [0.1, 0.15) is 54.4 Å². The second-order valence-corrected chi connectivity index (χ2v) is 8.02. The molecule has 0 aromatic heterocycles. The molecule has 0 spiro atoms. The SMILES string of the molecule is CCNC(=NCc1c(O)ccc2c1CCCC2)NCC1CC(=O)Nc2ccccc21. The van der Waals surface area contributed by atoms with Crippen molar-refractivity contribution in [3.8, 4) is 5.75 Å². The van der Waals surface area contributed by atoms with Crippen molar-refractivity contribution < 1.29 is 9.90 Å². The zero-order valence-corrected chi connectivity index (χ0v) is 17.5. The largest absolute Gasteiger partial charge is 0.508 e. The summed E-state index contributed by atoms with van der Waals surface area (Å²) in [4.78, 5) is 16.8. The van der Waals surface area contributed by atoms with Crippen LogP contribution in [-0.2, 0) is 24.2 Å². The van der Waals surface area contributed by atoms with Gasteiger partial charge in [-0.05, 0) is 61.4 Å². The Kier molecular flexibility index (Phi) is 6.21. The van der Waals surface area contributed by atoms with Crippen molar-refractivity contribution in [1.29, 1.82) is 0 Å². The molecule has 1 aliphatic heterocycles. The molecule has 4 rings (SSSR count). The van der Waals surface area contributed by atoms with E-state index < -0.39 is 0 Å². The topological polar surface area (TPSA) is 85.8 Å². The number of rotatable bonds is 5. The third-order valence-corrected chi connectivity index (χ3v) is 5.99. The number of aryl methyl sites for hydroxylation is 1. The van der Waals surface area contributed by atoms with E-state index in [4.69, 9.17) is 4.99 Å². The standard InChI is InChI=1S/C24H30N4O2/c1-2-25-24(26-14-17-13-23(30)28-21-10-6-5-9-19(17)21)27-15-20-18-8-4-3-7-16(18)11-12-22(20)29/h5-6,9-12,17,29H,2-4,7-8,13-15H2,1H3,(H,28,30)(H2,25,26,27). The Balaban J connectivity index is 1.49. The fourth-order valence-electron chi connectivity index (χ4n) is 4.47. The van der Waals surface area contributed by atoms with Crippen LogP contribution in [0, 0.1) is 0 Å². The highest BCUT2D eigenvalue weighted by Gasteiger charge is 2.24. The molecule has 2 aromatic rings. The fraction of sp³-hybridized carbons (Fsp3) is 0.417. The molecule has 6 heteroatoms. The van der Waals surface area contributed by atoms with Gasteiger partial charge >= 0.3 is 0 Å². The molecule has 0 radical (unpaired) electrons. The lowest BCUT2D eigenvalue weighted by atomic mass is 9.88. The van der Waals surface area contributed by atoms with Crippen LogP contribution in [0.3, 0.4) is 0 Å². The molecular weight excluding hydrogens is 376 g/mol. The van der Waals surface area contributed by atoms with Gasteiger partial charge in [-0.1, -0.05) is 24.3 Å². The number of hydrogen-bond donors (Lipinski definition) is 4. The van der Waals surface area contributed by atoms with Gasteiger partial charge in [-0.15, -0.1) is 0 Å². The molecule has 1 heterocycles. The highest BCUT2D eigenvalue weighted by molar-refractivity contribution is 5.94. The number of phenols is 1. The summed E-state index contributed by atoms with van der Waals surface area (Å²) < 4.78 is 0. The Morgan fingerprint density at radius 1 is 1.17 bits per heavy atom. The number of phenolic OH excluding ortho intramolecular Hbond substituents is 1. The van der Waals surface area contributed by atoms with Gasteiger partial charge < -0.3 is 21.1 Å².